The van der Waals surface area contributed by atoms with E-state index in [0.717, 1.165) is 11.4 Å². The lowest BCUT2D eigenvalue weighted by atomic mass is 10.1. The lowest BCUT2D eigenvalue weighted by Gasteiger charge is -2.15. The second-order valence-electron chi connectivity index (χ2n) is 4.88. The monoisotopic (exact) mass is 316 g/mol. The molecule has 0 fully saturated rings. The Morgan fingerprint density at radius 3 is 2.91 bits per heavy atom. The highest BCUT2D eigenvalue weighted by Crippen LogP contribution is 2.20. The van der Waals surface area contributed by atoms with E-state index in [1.165, 1.54) is 0 Å². The molecule has 0 bridgehead atoms. The summed E-state index contributed by atoms with van der Waals surface area (Å²) in [5.74, 6) is -0.125. The first kappa shape index (κ1) is 16.1. The Balaban J connectivity index is 2.36. The average molecular weight is 317 g/mol. The zero-order chi connectivity index (χ0) is 16.1. The van der Waals surface area contributed by atoms with Crippen LogP contribution in [0.15, 0.2) is 30.5 Å². The molecule has 1 amide bonds. The lowest BCUT2D eigenvalue weighted by molar-refractivity contribution is 0.0797. The summed E-state index contributed by atoms with van der Waals surface area (Å²) in [7, 11) is 1.69. The fourth-order valence-electron chi connectivity index (χ4n) is 2.25. The van der Waals surface area contributed by atoms with Crippen molar-refractivity contribution in [1.29, 1.82) is 5.26 Å². The van der Waals surface area contributed by atoms with Crippen LogP contribution in [-0.2, 0) is 6.42 Å². The number of aromatic nitrogens is 2. The Labute approximate surface area is 134 Å². The third-order valence-electron chi connectivity index (χ3n) is 3.39. The van der Waals surface area contributed by atoms with Crippen molar-refractivity contribution in [2.45, 2.75) is 19.8 Å². The molecule has 2 aromatic rings. The van der Waals surface area contributed by atoms with Crippen molar-refractivity contribution in [3.63, 3.8) is 0 Å². The van der Waals surface area contributed by atoms with E-state index in [-0.39, 0.29) is 5.91 Å². The van der Waals surface area contributed by atoms with Gasteiger partial charge in [-0.25, -0.2) is 4.68 Å². The molecule has 6 heteroatoms. The molecule has 0 aliphatic rings. The Hall–Kier alpha value is -2.32. The van der Waals surface area contributed by atoms with Crippen LogP contribution in [0, 0.1) is 11.3 Å². The van der Waals surface area contributed by atoms with Crippen LogP contribution in [0.1, 0.15) is 29.4 Å². The summed E-state index contributed by atoms with van der Waals surface area (Å²) in [6, 6.07) is 9.38. The van der Waals surface area contributed by atoms with E-state index in [2.05, 4.69) is 5.10 Å². The maximum Gasteiger partial charge on any atom is 0.257 e. The van der Waals surface area contributed by atoms with Crippen LogP contribution in [0.5, 0.6) is 0 Å². The molecule has 0 spiro atoms. The number of hydrogen-bond donors (Lipinski definition) is 0. The molecule has 0 aliphatic heterocycles. The van der Waals surface area contributed by atoms with E-state index in [1.807, 2.05) is 25.1 Å². The van der Waals surface area contributed by atoms with Gasteiger partial charge in [0.2, 0.25) is 0 Å². The summed E-state index contributed by atoms with van der Waals surface area (Å²) in [5.41, 5.74) is 2.21. The van der Waals surface area contributed by atoms with E-state index in [1.54, 1.807) is 35.0 Å². The molecule has 0 saturated heterocycles. The third-order valence-corrected chi connectivity index (χ3v) is 3.63. The van der Waals surface area contributed by atoms with Crippen molar-refractivity contribution in [2.24, 2.45) is 0 Å². The van der Waals surface area contributed by atoms with Gasteiger partial charge in [-0.2, -0.15) is 10.4 Å². The van der Waals surface area contributed by atoms with Crippen LogP contribution in [0.25, 0.3) is 5.69 Å². The summed E-state index contributed by atoms with van der Waals surface area (Å²) >= 11 is 6.02. The zero-order valence-corrected chi connectivity index (χ0v) is 13.3. The molecular formula is C16H17ClN4O. The Morgan fingerprint density at radius 1 is 1.50 bits per heavy atom. The molecule has 1 aromatic carbocycles. The van der Waals surface area contributed by atoms with Crippen molar-refractivity contribution in [3.8, 4) is 11.8 Å². The molecule has 0 saturated carbocycles. The number of benzene rings is 1. The van der Waals surface area contributed by atoms with Gasteiger partial charge in [-0.05, 0) is 24.6 Å². The predicted octanol–water partition coefficient (Wildman–Crippen LogP) is 3.07. The first-order chi connectivity index (χ1) is 10.6. The van der Waals surface area contributed by atoms with E-state index in [0.29, 0.717) is 30.0 Å². The molecular weight excluding hydrogens is 300 g/mol. The first-order valence-corrected chi connectivity index (χ1v) is 7.41. The van der Waals surface area contributed by atoms with Crippen LogP contribution >= 0.6 is 11.6 Å². The van der Waals surface area contributed by atoms with E-state index in [9.17, 15) is 4.79 Å². The van der Waals surface area contributed by atoms with Crippen molar-refractivity contribution in [1.82, 2.24) is 14.7 Å². The van der Waals surface area contributed by atoms with Crippen LogP contribution in [0.3, 0.4) is 0 Å². The normalized spacial score (nSPS) is 10.3. The zero-order valence-electron chi connectivity index (χ0n) is 12.6. The van der Waals surface area contributed by atoms with Crippen molar-refractivity contribution in [2.75, 3.05) is 13.6 Å². The molecule has 0 radical (unpaired) electrons. The minimum absolute atomic E-state index is 0.125. The molecule has 0 atom stereocenters. The molecule has 5 nitrogen and oxygen atoms in total. The molecule has 0 N–H and O–H groups in total. The molecule has 114 valence electrons. The molecule has 1 aromatic heterocycles. The minimum Gasteiger partial charge on any atom is -0.341 e. The lowest BCUT2D eigenvalue weighted by Crippen LogP contribution is -2.28. The summed E-state index contributed by atoms with van der Waals surface area (Å²) in [5, 5.41) is 13.6. The average Bonchev–Trinajstić information content (AvgIpc) is 2.95. The van der Waals surface area contributed by atoms with Gasteiger partial charge in [0.05, 0.1) is 35.6 Å². The number of nitriles is 1. The van der Waals surface area contributed by atoms with Gasteiger partial charge in [-0.1, -0.05) is 24.6 Å². The van der Waals surface area contributed by atoms with E-state index >= 15 is 0 Å². The Morgan fingerprint density at radius 2 is 2.27 bits per heavy atom. The third kappa shape index (κ3) is 3.29. The van der Waals surface area contributed by atoms with Crippen molar-refractivity contribution in [3.05, 3.63) is 46.7 Å². The first-order valence-electron chi connectivity index (χ1n) is 7.03. The van der Waals surface area contributed by atoms with Gasteiger partial charge >= 0.3 is 0 Å². The van der Waals surface area contributed by atoms with Crippen molar-refractivity contribution < 1.29 is 4.79 Å². The highest BCUT2D eigenvalue weighted by Gasteiger charge is 2.20. The molecule has 0 unspecified atom stereocenters. The number of rotatable bonds is 5. The fourth-order valence-corrected chi connectivity index (χ4v) is 2.43. The number of amides is 1. The molecule has 22 heavy (non-hydrogen) atoms. The second kappa shape index (κ2) is 7.10. The van der Waals surface area contributed by atoms with Gasteiger partial charge < -0.3 is 4.90 Å². The predicted molar refractivity (Wildman–Crippen MR) is 85.1 cm³/mol. The molecule has 1 heterocycles. The van der Waals surface area contributed by atoms with Crippen LogP contribution in [-0.4, -0.2) is 34.2 Å². The van der Waals surface area contributed by atoms with Crippen LogP contribution < -0.4 is 0 Å². The topological polar surface area (TPSA) is 61.9 Å². The quantitative estimate of drug-likeness (QED) is 0.851. The number of halogens is 1. The van der Waals surface area contributed by atoms with Gasteiger partial charge in [-0.15, -0.1) is 0 Å². The van der Waals surface area contributed by atoms with Gasteiger partial charge in [0.1, 0.15) is 0 Å². The van der Waals surface area contributed by atoms with Gasteiger partial charge in [-0.3, -0.25) is 4.79 Å². The molecule has 2 rings (SSSR count). The van der Waals surface area contributed by atoms with Crippen LogP contribution in [0.2, 0.25) is 5.02 Å². The largest absolute Gasteiger partial charge is 0.341 e. The maximum atomic E-state index is 12.5. The maximum absolute atomic E-state index is 12.5. The second-order valence-corrected chi connectivity index (χ2v) is 5.32. The van der Waals surface area contributed by atoms with Gasteiger partial charge in [0.15, 0.2) is 0 Å². The summed E-state index contributed by atoms with van der Waals surface area (Å²) in [4.78, 5) is 14.0. The fraction of sp³-hybridized carbons (Fsp3) is 0.312. The Kier molecular flexibility index (Phi) is 5.18. The van der Waals surface area contributed by atoms with Gasteiger partial charge in [0, 0.05) is 18.6 Å². The minimum atomic E-state index is -0.125. The van der Waals surface area contributed by atoms with Gasteiger partial charge in [0.25, 0.3) is 5.91 Å². The standard InChI is InChI=1S/C16H17ClN4O/c1-3-15-14(16(22)20(2)9-5-8-18)11-19-21(15)13-7-4-6-12(17)10-13/h4,6-7,10-11H,3,5,9H2,1-2H3. The summed E-state index contributed by atoms with van der Waals surface area (Å²) in [6.45, 7) is 2.38. The summed E-state index contributed by atoms with van der Waals surface area (Å²) < 4.78 is 1.73. The number of carbonyl (C=O) groups excluding carboxylic acids is 1. The SMILES string of the molecule is CCc1c(C(=O)N(C)CCC#N)cnn1-c1cccc(Cl)c1. The van der Waals surface area contributed by atoms with E-state index in [4.69, 9.17) is 16.9 Å². The van der Waals surface area contributed by atoms with Crippen molar-refractivity contribution >= 4 is 17.5 Å². The Bertz CT molecular complexity index is 717. The van der Waals surface area contributed by atoms with E-state index < -0.39 is 0 Å². The summed E-state index contributed by atoms with van der Waals surface area (Å²) in [6.07, 6.45) is 2.55. The highest BCUT2D eigenvalue weighted by atomic mass is 35.5. The number of nitrogens with zero attached hydrogens (tertiary/aromatic N) is 4. The van der Waals surface area contributed by atoms with Crippen LogP contribution in [0.4, 0.5) is 0 Å². The smallest absolute Gasteiger partial charge is 0.257 e. The highest BCUT2D eigenvalue weighted by molar-refractivity contribution is 6.30. The number of carbonyl (C=O) groups is 1. The molecule has 0 aliphatic carbocycles. The number of hydrogen-bond acceptors (Lipinski definition) is 3.